The Morgan fingerprint density at radius 3 is 2.50 bits per heavy atom. The molecule has 0 saturated carbocycles. The van der Waals surface area contributed by atoms with Crippen LogP contribution in [0.2, 0.25) is 0 Å². The molecule has 0 aromatic heterocycles. The molecule has 1 unspecified atom stereocenters. The van der Waals surface area contributed by atoms with Crippen molar-refractivity contribution in [1.82, 2.24) is 9.80 Å². The quantitative estimate of drug-likeness (QED) is 0.740. The van der Waals surface area contributed by atoms with Crippen LogP contribution in [0.3, 0.4) is 0 Å². The number of piperidine rings is 1. The number of aliphatic hydroxyl groups excluding tert-OH is 1. The van der Waals surface area contributed by atoms with Gasteiger partial charge in [-0.1, -0.05) is 0 Å². The van der Waals surface area contributed by atoms with Crippen LogP contribution >= 0.6 is 0 Å². The van der Waals surface area contributed by atoms with Crippen LogP contribution in [0.15, 0.2) is 0 Å². The predicted octanol–water partition coefficient (Wildman–Crippen LogP) is 1.05. The van der Waals surface area contributed by atoms with Gasteiger partial charge in [-0.3, -0.25) is 0 Å². The van der Waals surface area contributed by atoms with E-state index in [0.29, 0.717) is 13.2 Å². The molecule has 1 N–H and O–H groups in total. The Balaban J connectivity index is 2.14. The fourth-order valence-corrected chi connectivity index (χ4v) is 2.48. The summed E-state index contributed by atoms with van der Waals surface area (Å²) in [6.45, 7) is 8.64. The second-order valence-corrected chi connectivity index (χ2v) is 6.00. The van der Waals surface area contributed by atoms with Crippen molar-refractivity contribution in [2.75, 3.05) is 46.9 Å². The molecule has 1 heterocycles. The molecule has 0 aromatic carbocycles. The molecule has 0 aliphatic carbocycles. The summed E-state index contributed by atoms with van der Waals surface area (Å²) in [6, 6.07) is 0. The van der Waals surface area contributed by atoms with Gasteiger partial charge in [0.25, 0.3) is 0 Å². The van der Waals surface area contributed by atoms with Crippen LogP contribution in [0.5, 0.6) is 0 Å². The van der Waals surface area contributed by atoms with E-state index in [1.54, 1.807) is 0 Å². The first-order valence-electron chi connectivity index (χ1n) is 7.14. The van der Waals surface area contributed by atoms with Crippen molar-refractivity contribution < 1.29 is 9.84 Å². The molecule has 4 heteroatoms. The summed E-state index contributed by atoms with van der Waals surface area (Å²) in [7, 11) is 4.28. The SMILES string of the molecule is CC(C)OCC(O)CN(C)CC1CCN(C)CC1. The Labute approximate surface area is 112 Å². The number of ether oxygens (including phenoxy) is 1. The zero-order chi connectivity index (χ0) is 13.5. The molecule has 1 rings (SSSR count). The zero-order valence-corrected chi connectivity index (χ0v) is 12.4. The van der Waals surface area contributed by atoms with Crippen LogP contribution in [0, 0.1) is 5.92 Å². The first-order chi connectivity index (χ1) is 8.47. The molecule has 0 amide bonds. The van der Waals surface area contributed by atoms with Gasteiger partial charge in [0.15, 0.2) is 0 Å². The lowest BCUT2D eigenvalue weighted by atomic mass is 9.96. The van der Waals surface area contributed by atoms with Crippen molar-refractivity contribution >= 4 is 0 Å². The van der Waals surface area contributed by atoms with Crippen LogP contribution in [0.25, 0.3) is 0 Å². The van der Waals surface area contributed by atoms with E-state index < -0.39 is 0 Å². The van der Waals surface area contributed by atoms with Crippen molar-refractivity contribution in [2.24, 2.45) is 5.92 Å². The van der Waals surface area contributed by atoms with Crippen molar-refractivity contribution in [2.45, 2.75) is 38.9 Å². The Kier molecular flexibility index (Phi) is 7.15. The lowest BCUT2D eigenvalue weighted by molar-refractivity contribution is -0.00780. The summed E-state index contributed by atoms with van der Waals surface area (Å²) in [5.41, 5.74) is 0. The van der Waals surface area contributed by atoms with E-state index in [1.165, 1.54) is 25.9 Å². The Morgan fingerprint density at radius 1 is 1.33 bits per heavy atom. The molecule has 4 nitrogen and oxygen atoms in total. The summed E-state index contributed by atoms with van der Waals surface area (Å²) in [6.07, 6.45) is 2.38. The zero-order valence-electron chi connectivity index (χ0n) is 12.4. The normalized spacial score (nSPS) is 20.8. The van der Waals surface area contributed by atoms with E-state index >= 15 is 0 Å². The molecule has 0 bridgehead atoms. The molecule has 1 aliphatic heterocycles. The molecule has 18 heavy (non-hydrogen) atoms. The standard InChI is InChI=1S/C14H30N2O2/c1-12(2)18-11-14(17)10-16(4)9-13-5-7-15(3)8-6-13/h12-14,17H,5-11H2,1-4H3. The number of hydrogen-bond donors (Lipinski definition) is 1. The van der Waals surface area contributed by atoms with Crippen LogP contribution in [-0.4, -0.2) is 74.0 Å². The summed E-state index contributed by atoms with van der Waals surface area (Å²) >= 11 is 0. The minimum Gasteiger partial charge on any atom is -0.389 e. The molecule has 1 aliphatic rings. The van der Waals surface area contributed by atoms with Gasteiger partial charge in [-0.15, -0.1) is 0 Å². The third kappa shape index (κ3) is 6.69. The summed E-state index contributed by atoms with van der Waals surface area (Å²) in [4.78, 5) is 4.63. The van der Waals surface area contributed by atoms with E-state index in [-0.39, 0.29) is 12.2 Å². The third-order valence-electron chi connectivity index (χ3n) is 3.55. The van der Waals surface area contributed by atoms with Gasteiger partial charge in [0.2, 0.25) is 0 Å². The number of aliphatic hydroxyl groups is 1. The first-order valence-corrected chi connectivity index (χ1v) is 7.14. The smallest absolute Gasteiger partial charge is 0.0900 e. The Hall–Kier alpha value is -0.160. The molecule has 1 fully saturated rings. The molecular weight excluding hydrogens is 228 g/mol. The van der Waals surface area contributed by atoms with Crippen LogP contribution in [-0.2, 0) is 4.74 Å². The lowest BCUT2D eigenvalue weighted by Gasteiger charge is -2.32. The highest BCUT2D eigenvalue weighted by Crippen LogP contribution is 2.16. The first kappa shape index (κ1) is 15.9. The Bertz CT molecular complexity index is 216. The monoisotopic (exact) mass is 258 g/mol. The number of rotatable bonds is 7. The van der Waals surface area contributed by atoms with Gasteiger partial charge >= 0.3 is 0 Å². The van der Waals surface area contributed by atoms with Crippen LogP contribution in [0.4, 0.5) is 0 Å². The van der Waals surface area contributed by atoms with Crippen molar-refractivity contribution in [3.8, 4) is 0 Å². The Morgan fingerprint density at radius 2 is 1.94 bits per heavy atom. The van der Waals surface area contributed by atoms with E-state index in [0.717, 1.165) is 12.5 Å². The van der Waals surface area contributed by atoms with Crippen molar-refractivity contribution in [3.63, 3.8) is 0 Å². The minimum atomic E-state index is -0.372. The van der Waals surface area contributed by atoms with Crippen LogP contribution in [0.1, 0.15) is 26.7 Å². The average molecular weight is 258 g/mol. The van der Waals surface area contributed by atoms with Gasteiger partial charge in [-0.25, -0.2) is 0 Å². The topological polar surface area (TPSA) is 35.9 Å². The fraction of sp³-hybridized carbons (Fsp3) is 1.00. The molecule has 0 radical (unpaired) electrons. The molecule has 108 valence electrons. The maximum absolute atomic E-state index is 9.87. The van der Waals surface area contributed by atoms with Gasteiger partial charge in [-0.2, -0.15) is 0 Å². The van der Waals surface area contributed by atoms with E-state index in [9.17, 15) is 5.11 Å². The number of likely N-dealkylation sites (N-methyl/N-ethyl adjacent to an activating group) is 1. The highest BCUT2D eigenvalue weighted by molar-refractivity contribution is 4.73. The number of nitrogens with zero attached hydrogens (tertiary/aromatic N) is 2. The summed E-state index contributed by atoms with van der Waals surface area (Å²) in [5, 5.41) is 9.87. The third-order valence-corrected chi connectivity index (χ3v) is 3.55. The van der Waals surface area contributed by atoms with Crippen molar-refractivity contribution in [3.05, 3.63) is 0 Å². The van der Waals surface area contributed by atoms with E-state index in [4.69, 9.17) is 4.74 Å². The van der Waals surface area contributed by atoms with Gasteiger partial charge in [0.05, 0.1) is 18.8 Å². The van der Waals surface area contributed by atoms with Crippen molar-refractivity contribution in [1.29, 1.82) is 0 Å². The maximum atomic E-state index is 9.87. The molecule has 1 atom stereocenters. The fourth-order valence-electron chi connectivity index (χ4n) is 2.48. The van der Waals surface area contributed by atoms with E-state index in [2.05, 4.69) is 23.9 Å². The minimum absolute atomic E-state index is 0.193. The number of likely N-dealkylation sites (tertiary alicyclic amines) is 1. The van der Waals surface area contributed by atoms with Gasteiger partial charge in [-0.05, 0) is 59.8 Å². The van der Waals surface area contributed by atoms with Gasteiger partial charge < -0.3 is 19.6 Å². The number of hydrogen-bond acceptors (Lipinski definition) is 4. The predicted molar refractivity (Wildman–Crippen MR) is 74.8 cm³/mol. The molecule has 1 saturated heterocycles. The average Bonchev–Trinajstić information content (AvgIpc) is 2.29. The highest BCUT2D eigenvalue weighted by Gasteiger charge is 2.19. The highest BCUT2D eigenvalue weighted by atomic mass is 16.5. The second-order valence-electron chi connectivity index (χ2n) is 6.00. The summed E-state index contributed by atoms with van der Waals surface area (Å²) in [5.74, 6) is 0.782. The summed E-state index contributed by atoms with van der Waals surface area (Å²) < 4.78 is 5.43. The lowest BCUT2D eigenvalue weighted by Crippen LogP contribution is -2.39. The van der Waals surface area contributed by atoms with Gasteiger partial charge in [0.1, 0.15) is 0 Å². The van der Waals surface area contributed by atoms with E-state index in [1.807, 2.05) is 13.8 Å². The second kappa shape index (κ2) is 8.10. The molecule has 0 aromatic rings. The molecule has 0 spiro atoms. The largest absolute Gasteiger partial charge is 0.389 e. The molecular formula is C14H30N2O2. The van der Waals surface area contributed by atoms with Gasteiger partial charge in [0, 0.05) is 13.1 Å². The van der Waals surface area contributed by atoms with Crippen LogP contribution < -0.4 is 0 Å². The maximum Gasteiger partial charge on any atom is 0.0900 e.